The van der Waals surface area contributed by atoms with Crippen molar-refractivity contribution >= 4 is 33.0 Å². The highest BCUT2D eigenvalue weighted by Gasteiger charge is 2.23. The molecule has 0 unspecified atom stereocenters. The highest BCUT2D eigenvalue weighted by atomic mass is 32.1. The zero-order valence-corrected chi connectivity index (χ0v) is 14.8. The minimum atomic E-state index is -0.0236. The first-order valence-electron chi connectivity index (χ1n) is 8.24. The molecule has 25 heavy (non-hydrogen) atoms. The largest absolute Gasteiger partial charge is 0.383 e. The van der Waals surface area contributed by atoms with Crippen molar-refractivity contribution < 1.29 is 14.3 Å². The number of nitrogens with zero attached hydrogens (tertiary/aromatic N) is 1. The topological polar surface area (TPSA) is 38.8 Å². The van der Waals surface area contributed by atoms with Crippen molar-refractivity contribution in [2.24, 2.45) is 0 Å². The molecule has 2 aromatic carbocycles. The molecule has 1 amide bonds. The van der Waals surface area contributed by atoms with Gasteiger partial charge in [-0.05, 0) is 29.1 Å². The van der Waals surface area contributed by atoms with Gasteiger partial charge in [-0.15, -0.1) is 11.3 Å². The predicted molar refractivity (Wildman–Crippen MR) is 101 cm³/mol. The molecule has 0 radical (unpaired) electrons. The number of amides is 1. The van der Waals surface area contributed by atoms with Crippen molar-refractivity contribution in [3.8, 4) is 11.1 Å². The average molecular weight is 353 g/mol. The normalized spacial score (nSPS) is 14.6. The van der Waals surface area contributed by atoms with Gasteiger partial charge >= 0.3 is 0 Å². The Morgan fingerprint density at radius 3 is 2.96 bits per heavy atom. The van der Waals surface area contributed by atoms with Crippen LogP contribution in [0, 0.1) is 0 Å². The average Bonchev–Trinajstić information content (AvgIpc) is 3.00. The summed E-state index contributed by atoms with van der Waals surface area (Å²) in [4.78, 5) is 14.1. The van der Waals surface area contributed by atoms with E-state index in [9.17, 15) is 4.79 Å². The summed E-state index contributed by atoms with van der Waals surface area (Å²) >= 11 is 1.75. The minimum absolute atomic E-state index is 0.0236. The van der Waals surface area contributed by atoms with Crippen LogP contribution in [0.15, 0.2) is 47.8 Å². The third-order valence-electron chi connectivity index (χ3n) is 4.47. The monoisotopic (exact) mass is 353 g/mol. The van der Waals surface area contributed by atoms with Crippen LogP contribution in [0.2, 0.25) is 0 Å². The van der Waals surface area contributed by atoms with E-state index in [0.717, 1.165) is 16.8 Å². The number of ether oxygens (including phenoxy) is 2. The molecule has 5 heteroatoms. The molecule has 1 aliphatic rings. The lowest BCUT2D eigenvalue weighted by molar-refractivity contribution is -0.123. The highest BCUT2D eigenvalue weighted by Crippen LogP contribution is 2.36. The molecule has 2 heterocycles. The molecule has 4 rings (SSSR count). The number of hydrogen-bond donors (Lipinski definition) is 0. The van der Waals surface area contributed by atoms with Crippen molar-refractivity contribution in [3.05, 3.63) is 53.4 Å². The maximum Gasteiger partial charge on any atom is 0.253 e. The van der Waals surface area contributed by atoms with Gasteiger partial charge in [-0.25, -0.2) is 0 Å². The number of thiophene rings is 1. The van der Waals surface area contributed by atoms with Gasteiger partial charge in [0, 0.05) is 40.6 Å². The summed E-state index contributed by atoms with van der Waals surface area (Å²) in [7, 11) is 1.64. The highest BCUT2D eigenvalue weighted by molar-refractivity contribution is 7.17. The van der Waals surface area contributed by atoms with E-state index < -0.39 is 0 Å². The number of carbonyl (C=O) groups excluding carboxylic acids is 1. The summed E-state index contributed by atoms with van der Waals surface area (Å²) in [6.45, 7) is 1.59. The number of rotatable bonds is 4. The smallest absolute Gasteiger partial charge is 0.253 e. The van der Waals surface area contributed by atoms with Crippen LogP contribution in [0.3, 0.4) is 0 Å². The van der Waals surface area contributed by atoms with E-state index in [4.69, 9.17) is 9.47 Å². The predicted octanol–water partition coefficient (Wildman–Crippen LogP) is 4.08. The Morgan fingerprint density at radius 2 is 2.08 bits per heavy atom. The molecule has 3 aromatic rings. The number of carbonyl (C=O) groups is 1. The van der Waals surface area contributed by atoms with E-state index >= 15 is 0 Å². The van der Waals surface area contributed by atoms with Crippen LogP contribution in [-0.4, -0.2) is 32.8 Å². The number of fused-ring (bicyclic) bond motifs is 2. The zero-order valence-electron chi connectivity index (χ0n) is 14.0. The summed E-state index contributed by atoms with van der Waals surface area (Å²) in [5.41, 5.74) is 4.33. The minimum Gasteiger partial charge on any atom is -0.383 e. The lowest BCUT2D eigenvalue weighted by Gasteiger charge is -2.22. The van der Waals surface area contributed by atoms with E-state index in [1.54, 1.807) is 23.3 Å². The van der Waals surface area contributed by atoms with Crippen LogP contribution in [0.4, 0.5) is 5.69 Å². The summed E-state index contributed by atoms with van der Waals surface area (Å²) in [5, 5.41) is 3.45. The molecular formula is C20H19NO3S. The van der Waals surface area contributed by atoms with Crippen LogP contribution in [0.1, 0.15) is 5.56 Å². The first kappa shape index (κ1) is 16.3. The molecule has 0 bridgehead atoms. The Kier molecular flexibility index (Phi) is 4.53. The molecule has 0 saturated heterocycles. The van der Waals surface area contributed by atoms with E-state index in [1.807, 2.05) is 6.07 Å². The standard InChI is InChI=1S/C20H19NO3S/c1-23-9-8-21-18-7-6-14(10-15(18)11-24-12-20(21)22)17-13-25-19-5-3-2-4-16(17)19/h2-7,10,13H,8-9,11-12H2,1H3. The lowest BCUT2D eigenvalue weighted by atomic mass is 10.0. The van der Waals surface area contributed by atoms with Crippen LogP contribution in [0.5, 0.6) is 0 Å². The van der Waals surface area contributed by atoms with Crippen LogP contribution in [0.25, 0.3) is 21.2 Å². The molecule has 128 valence electrons. The molecular weight excluding hydrogens is 334 g/mol. The fourth-order valence-electron chi connectivity index (χ4n) is 3.22. The number of hydrogen-bond acceptors (Lipinski definition) is 4. The maximum atomic E-state index is 12.3. The third-order valence-corrected chi connectivity index (χ3v) is 5.43. The van der Waals surface area contributed by atoms with Gasteiger partial charge < -0.3 is 14.4 Å². The SMILES string of the molecule is COCCN1C(=O)COCc2cc(-c3csc4ccccc34)ccc21. The quantitative estimate of drug-likeness (QED) is 0.709. The van der Waals surface area contributed by atoms with Crippen LogP contribution < -0.4 is 4.90 Å². The summed E-state index contributed by atoms with van der Waals surface area (Å²) in [6, 6.07) is 14.7. The summed E-state index contributed by atoms with van der Waals surface area (Å²) in [5.74, 6) is -0.0236. The fourth-order valence-corrected chi connectivity index (χ4v) is 4.19. The Morgan fingerprint density at radius 1 is 1.20 bits per heavy atom. The van der Waals surface area contributed by atoms with Gasteiger partial charge in [0.05, 0.1) is 13.2 Å². The number of anilines is 1. The Hall–Kier alpha value is -2.21. The van der Waals surface area contributed by atoms with Crippen molar-refractivity contribution in [2.75, 3.05) is 31.8 Å². The Balaban J connectivity index is 1.76. The van der Waals surface area contributed by atoms with Crippen molar-refractivity contribution in [3.63, 3.8) is 0 Å². The van der Waals surface area contributed by atoms with Gasteiger partial charge in [-0.2, -0.15) is 0 Å². The van der Waals surface area contributed by atoms with E-state index in [-0.39, 0.29) is 12.5 Å². The molecule has 0 N–H and O–H groups in total. The van der Waals surface area contributed by atoms with E-state index in [1.165, 1.54) is 15.6 Å². The van der Waals surface area contributed by atoms with Gasteiger partial charge in [-0.1, -0.05) is 24.3 Å². The second-order valence-electron chi connectivity index (χ2n) is 6.02. The molecule has 1 aromatic heterocycles. The Bertz CT molecular complexity index is 918. The molecule has 0 atom stereocenters. The van der Waals surface area contributed by atoms with Crippen molar-refractivity contribution in [1.82, 2.24) is 0 Å². The maximum absolute atomic E-state index is 12.3. The van der Waals surface area contributed by atoms with Crippen molar-refractivity contribution in [1.29, 1.82) is 0 Å². The number of methoxy groups -OCH3 is 1. The summed E-state index contributed by atoms with van der Waals surface area (Å²) in [6.07, 6.45) is 0. The van der Waals surface area contributed by atoms with E-state index in [2.05, 4.69) is 41.8 Å². The number of benzene rings is 2. The molecule has 4 nitrogen and oxygen atoms in total. The van der Waals surface area contributed by atoms with E-state index in [0.29, 0.717) is 19.8 Å². The lowest BCUT2D eigenvalue weighted by Crippen LogP contribution is -2.35. The molecule has 0 spiro atoms. The third kappa shape index (κ3) is 3.06. The molecule has 0 aliphatic carbocycles. The van der Waals surface area contributed by atoms with Crippen molar-refractivity contribution in [2.45, 2.75) is 6.61 Å². The Labute approximate surface area is 150 Å². The second-order valence-corrected chi connectivity index (χ2v) is 6.93. The fraction of sp³-hybridized carbons (Fsp3) is 0.250. The summed E-state index contributed by atoms with van der Waals surface area (Å²) < 4.78 is 12.0. The molecule has 0 fully saturated rings. The van der Waals surface area contributed by atoms with Crippen LogP contribution in [-0.2, 0) is 20.9 Å². The van der Waals surface area contributed by atoms with Crippen LogP contribution >= 0.6 is 11.3 Å². The van der Waals surface area contributed by atoms with Gasteiger partial charge in [0.2, 0.25) is 0 Å². The van der Waals surface area contributed by atoms with Gasteiger partial charge in [0.1, 0.15) is 6.61 Å². The first-order chi connectivity index (χ1) is 12.3. The van der Waals surface area contributed by atoms with Gasteiger partial charge in [-0.3, -0.25) is 4.79 Å². The first-order valence-corrected chi connectivity index (χ1v) is 9.12. The molecule has 1 aliphatic heterocycles. The second kappa shape index (κ2) is 6.96. The molecule has 0 saturated carbocycles. The zero-order chi connectivity index (χ0) is 17.2. The van der Waals surface area contributed by atoms with Gasteiger partial charge in [0.25, 0.3) is 5.91 Å². The van der Waals surface area contributed by atoms with Gasteiger partial charge in [0.15, 0.2) is 0 Å².